The summed E-state index contributed by atoms with van der Waals surface area (Å²) < 4.78 is 39.7. The summed E-state index contributed by atoms with van der Waals surface area (Å²) in [7, 11) is 0. The van der Waals surface area contributed by atoms with Gasteiger partial charge in [0.05, 0.1) is 11.1 Å². The molecule has 0 bridgehead atoms. The highest BCUT2D eigenvalue weighted by Gasteiger charge is 2.36. The first-order chi connectivity index (χ1) is 11.3. The molecule has 1 amide bonds. The number of primary amides is 1. The van der Waals surface area contributed by atoms with Crippen LogP contribution in [0.5, 0.6) is 0 Å². The van der Waals surface area contributed by atoms with Crippen molar-refractivity contribution >= 4 is 22.5 Å². The third kappa shape index (κ3) is 2.90. The van der Waals surface area contributed by atoms with Crippen molar-refractivity contribution < 1.29 is 18.0 Å². The number of carbonyl (C=O) groups excluding carboxylic acids is 1. The van der Waals surface area contributed by atoms with Gasteiger partial charge in [0, 0.05) is 23.8 Å². The summed E-state index contributed by atoms with van der Waals surface area (Å²) in [6, 6.07) is 5.13. The Labute approximate surface area is 137 Å². The molecule has 24 heavy (non-hydrogen) atoms. The smallest absolute Gasteiger partial charge is 0.368 e. The standard InChI is InChI=1S/C17H18F3N3O/c1-10-4-6-14(16(21)24)23(9-10)13-7-5-12(17(18,19)20)15-11(13)3-2-8-22-15/h2-3,5,7-8,10,14H,4,6,9H2,1H3,(H2,21,24)/t10-,14?/m0/s1. The Balaban J connectivity index is 2.17. The van der Waals surface area contributed by atoms with Gasteiger partial charge in [-0.25, -0.2) is 0 Å². The average molecular weight is 337 g/mol. The number of fused-ring (bicyclic) bond motifs is 1. The van der Waals surface area contributed by atoms with Crippen molar-refractivity contribution in [3.63, 3.8) is 0 Å². The monoisotopic (exact) mass is 337 g/mol. The van der Waals surface area contributed by atoms with Gasteiger partial charge in [0.2, 0.25) is 5.91 Å². The normalized spacial score (nSPS) is 21.9. The van der Waals surface area contributed by atoms with Crippen LogP contribution in [0.15, 0.2) is 30.5 Å². The lowest BCUT2D eigenvalue weighted by atomic mass is 9.92. The topological polar surface area (TPSA) is 59.2 Å². The summed E-state index contributed by atoms with van der Waals surface area (Å²) in [5.74, 6) is -0.131. The Morgan fingerprint density at radius 2 is 2.04 bits per heavy atom. The van der Waals surface area contributed by atoms with E-state index in [4.69, 9.17) is 5.73 Å². The third-order valence-corrected chi connectivity index (χ3v) is 4.51. The van der Waals surface area contributed by atoms with Crippen LogP contribution < -0.4 is 10.6 Å². The summed E-state index contributed by atoms with van der Waals surface area (Å²) in [5, 5.41) is 0.382. The second-order valence-electron chi connectivity index (χ2n) is 6.28. The van der Waals surface area contributed by atoms with Gasteiger partial charge in [0.15, 0.2) is 0 Å². The lowest BCUT2D eigenvalue weighted by molar-refractivity contribution is -0.136. The SMILES string of the molecule is C[C@H]1CCC(C(N)=O)N(c2ccc(C(F)(F)F)c3ncccc23)C1. The van der Waals surface area contributed by atoms with Crippen molar-refractivity contribution in [1.29, 1.82) is 0 Å². The Kier molecular flexibility index (Phi) is 4.11. The van der Waals surface area contributed by atoms with Crippen LogP contribution in [-0.2, 0) is 11.0 Å². The van der Waals surface area contributed by atoms with Crippen molar-refractivity contribution in [3.8, 4) is 0 Å². The van der Waals surface area contributed by atoms with E-state index in [2.05, 4.69) is 11.9 Å². The third-order valence-electron chi connectivity index (χ3n) is 4.51. The number of hydrogen-bond acceptors (Lipinski definition) is 3. The number of benzene rings is 1. The van der Waals surface area contributed by atoms with Crippen molar-refractivity contribution in [2.75, 3.05) is 11.4 Å². The number of aromatic nitrogens is 1. The minimum absolute atomic E-state index is 0.107. The molecule has 0 radical (unpaired) electrons. The molecule has 1 aliphatic heterocycles. The molecule has 2 heterocycles. The van der Waals surface area contributed by atoms with Gasteiger partial charge >= 0.3 is 6.18 Å². The minimum Gasteiger partial charge on any atom is -0.368 e. The van der Waals surface area contributed by atoms with Gasteiger partial charge in [-0.05, 0) is 43.0 Å². The first-order valence-corrected chi connectivity index (χ1v) is 7.80. The number of alkyl halides is 3. The largest absolute Gasteiger partial charge is 0.418 e. The van der Waals surface area contributed by atoms with E-state index >= 15 is 0 Å². The fourth-order valence-electron chi connectivity index (χ4n) is 3.35. The van der Waals surface area contributed by atoms with Gasteiger partial charge in [-0.3, -0.25) is 9.78 Å². The fraction of sp³-hybridized carbons (Fsp3) is 0.412. The Morgan fingerprint density at radius 3 is 2.71 bits per heavy atom. The second-order valence-corrected chi connectivity index (χ2v) is 6.28. The quantitative estimate of drug-likeness (QED) is 0.914. The zero-order valence-corrected chi connectivity index (χ0v) is 13.2. The summed E-state index contributed by atoms with van der Waals surface area (Å²) in [6.45, 7) is 2.62. The maximum absolute atomic E-state index is 13.2. The number of pyridine rings is 1. The number of nitrogens with zero attached hydrogens (tertiary/aromatic N) is 2. The Hall–Kier alpha value is -2.31. The van der Waals surface area contributed by atoms with E-state index in [1.165, 1.54) is 12.3 Å². The molecule has 2 aromatic rings. The van der Waals surface area contributed by atoms with E-state index in [-0.39, 0.29) is 5.52 Å². The van der Waals surface area contributed by atoms with E-state index < -0.39 is 23.7 Å². The summed E-state index contributed by atoms with van der Waals surface area (Å²) in [6.07, 6.45) is -1.69. The number of carbonyl (C=O) groups is 1. The minimum atomic E-state index is -4.48. The van der Waals surface area contributed by atoms with Gasteiger partial charge in [0.25, 0.3) is 0 Å². The van der Waals surface area contributed by atoms with Crippen LogP contribution in [0.1, 0.15) is 25.3 Å². The molecule has 0 spiro atoms. The molecule has 0 aliphatic carbocycles. The zero-order chi connectivity index (χ0) is 17.5. The molecule has 3 rings (SSSR count). The molecule has 2 atom stereocenters. The first kappa shape index (κ1) is 16.5. The molecule has 1 aromatic carbocycles. The maximum Gasteiger partial charge on any atom is 0.418 e. The second kappa shape index (κ2) is 5.96. The number of piperidine rings is 1. The molecular weight excluding hydrogens is 319 g/mol. The molecule has 2 N–H and O–H groups in total. The lowest BCUT2D eigenvalue weighted by Gasteiger charge is -2.39. The van der Waals surface area contributed by atoms with Gasteiger partial charge in [-0.2, -0.15) is 13.2 Å². The molecule has 1 saturated heterocycles. The molecule has 7 heteroatoms. The molecular formula is C17H18F3N3O. The van der Waals surface area contributed by atoms with Gasteiger partial charge in [-0.15, -0.1) is 0 Å². The van der Waals surface area contributed by atoms with Crippen molar-refractivity contribution in [3.05, 3.63) is 36.0 Å². The highest BCUT2D eigenvalue weighted by atomic mass is 19.4. The fourth-order valence-corrected chi connectivity index (χ4v) is 3.35. The van der Waals surface area contributed by atoms with Gasteiger partial charge < -0.3 is 10.6 Å². The van der Waals surface area contributed by atoms with Crippen LogP contribution in [0, 0.1) is 5.92 Å². The van der Waals surface area contributed by atoms with Crippen LogP contribution in [-0.4, -0.2) is 23.5 Å². The lowest BCUT2D eigenvalue weighted by Crippen LogP contribution is -2.50. The Morgan fingerprint density at radius 1 is 1.29 bits per heavy atom. The molecule has 0 saturated carbocycles. The predicted octanol–water partition coefficient (Wildman–Crippen LogP) is 3.34. The van der Waals surface area contributed by atoms with E-state index in [0.29, 0.717) is 30.0 Å². The predicted molar refractivity (Wildman–Crippen MR) is 85.5 cm³/mol. The number of halogens is 3. The molecule has 1 unspecified atom stereocenters. The van der Waals surface area contributed by atoms with Gasteiger partial charge in [-0.1, -0.05) is 6.92 Å². The molecule has 4 nitrogen and oxygen atoms in total. The van der Waals surface area contributed by atoms with E-state index in [1.807, 2.05) is 4.90 Å². The van der Waals surface area contributed by atoms with Gasteiger partial charge in [0.1, 0.15) is 6.04 Å². The highest BCUT2D eigenvalue weighted by Crippen LogP contribution is 2.39. The van der Waals surface area contributed by atoms with Crippen LogP contribution in [0.4, 0.5) is 18.9 Å². The molecule has 1 aliphatic rings. The highest BCUT2D eigenvalue weighted by molar-refractivity contribution is 5.96. The number of hydrogen-bond donors (Lipinski definition) is 1. The van der Waals surface area contributed by atoms with Crippen LogP contribution >= 0.6 is 0 Å². The van der Waals surface area contributed by atoms with Crippen LogP contribution in [0.2, 0.25) is 0 Å². The Bertz CT molecular complexity index is 775. The van der Waals surface area contributed by atoms with Crippen molar-refractivity contribution in [2.45, 2.75) is 32.0 Å². The summed E-state index contributed by atoms with van der Waals surface area (Å²) >= 11 is 0. The number of anilines is 1. The van der Waals surface area contributed by atoms with Crippen LogP contribution in [0.25, 0.3) is 10.9 Å². The average Bonchev–Trinajstić information content (AvgIpc) is 2.52. The van der Waals surface area contributed by atoms with Crippen molar-refractivity contribution in [2.24, 2.45) is 11.7 Å². The molecule has 1 aromatic heterocycles. The van der Waals surface area contributed by atoms with Crippen LogP contribution in [0.3, 0.4) is 0 Å². The molecule has 128 valence electrons. The van der Waals surface area contributed by atoms with E-state index in [9.17, 15) is 18.0 Å². The first-order valence-electron chi connectivity index (χ1n) is 7.80. The maximum atomic E-state index is 13.2. The number of rotatable bonds is 2. The van der Waals surface area contributed by atoms with Crippen molar-refractivity contribution in [1.82, 2.24) is 4.98 Å². The zero-order valence-electron chi connectivity index (χ0n) is 13.2. The summed E-state index contributed by atoms with van der Waals surface area (Å²) in [4.78, 5) is 17.5. The van der Waals surface area contributed by atoms with E-state index in [1.54, 1.807) is 12.1 Å². The molecule has 1 fully saturated rings. The van der Waals surface area contributed by atoms with E-state index in [0.717, 1.165) is 12.5 Å². The number of nitrogens with two attached hydrogens (primary N) is 1. The summed E-state index contributed by atoms with van der Waals surface area (Å²) in [5.41, 5.74) is 5.20. The number of amides is 1.